The van der Waals surface area contributed by atoms with Crippen molar-refractivity contribution >= 4 is 21.5 Å². The molecule has 21 heavy (non-hydrogen) atoms. The van der Waals surface area contributed by atoms with Gasteiger partial charge < -0.3 is 0 Å². The van der Waals surface area contributed by atoms with Gasteiger partial charge in [-0.25, -0.2) is 8.42 Å². The first-order valence-electron chi connectivity index (χ1n) is 6.72. The van der Waals surface area contributed by atoms with Crippen LogP contribution in [0.5, 0.6) is 0 Å². The second-order valence-electron chi connectivity index (χ2n) is 5.03. The average molecular weight is 301 g/mol. The van der Waals surface area contributed by atoms with Crippen LogP contribution in [-0.4, -0.2) is 20.7 Å². The predicted molar refractivity (Wildman–Crippen MR) is 81.1 cm³/mol. The number of anilines is 1. The monoisotopic (exact) mass is 301 g/mol. The Morgan fingerprint density at radius 1 is 1.00 bits per heavy atom. The Morgan fingerprint density at radius 2 is 1.71 bits per heavy atom. The van der Waals surface area contributed by atoms with Gasteiger partial charge >= 0.3 is 0 Å². The summed E-state index contributed by atoms with van der Waals surface area (Å²) in [6, 6.07) is 13.6. The van der Waals surface area contributed by atoms with Gasteiger partial charge in [-0.3, -0.25) is 9.10 Å². The zero-order chi connectivity index (χ0) is 15.0. The normalized spacial score (nSPS) is 14.9. The van der Waals surface area contributed by atoms with Gasteiger partial charge in [-0.05, 0) is 30.7 Å². The van der Waals surface area contributed by atoms with Crippen LogP contribution in [0.3, 0.4) is 0 Å². The van der Waals surface area contributed by atoms with Crippen molar-refractivity contribution in [2.45, 2.75) is 18.2 Å². The molecule has 5 heteroatoms. The molecule has 1 aliphatic heterocycles. The number of hydrogen-bond acceptors (Lipinski definition) is 3. The minimum absolute atomic E-state index is 0.00629. The summed E-state index contributed by atoms with van der Waals surface area (Å²) in [4.78, 5) is 12.3. The van der Waals surface area contributed by atoms with E-state index in [-0.39, 0.29) is 23.6 Å². The average Bonchev–Trinajstić information content (AvgIpc) is 2.49. The molecule has 0 radical (unpaired) electrons. The number of Topliss-reactive ketones (excluding diaryl/α,β-unsaturated/α-hetero) is 1. The van der Waals surface area contributed by atoms with Gasteiger partial charge in [0.15, 0.2) is 5.78 Å². The van der Waals surface area contributed by atoms with Crippen LogP contribution in [0, 0.1) is 6.92 Å². The molecule has 0 saturated heterocycles. The fourth-order valence-corrected chi connectivity index (χ4v) is 4.19. The van der Waals surface area contributed by atoms with Crippen LogP contribution in [0.25, 0.3) is 0 Å². The third-order valence-corrected chi connectivity index (χ3v) is 5.47. The minimum Gasteiger partial charge on any atom is -0.294 e. The Kier molecular flexibility index (Phi) is 3.29. The molecule has 0 amide bonds. The molecule has 0 bridgehead atoms. The zero-order valence-corrected chi connectivity index (χ0v) is 12.4. The molecule has 1 heterocycles. The fourth-order valence-electron chi connectivity index (χ4n) is 2.62. The van der Waals surface area contributed by atoms with E-state index in [2.05, 4.69) is 0 Å². The number of sulfonamides is 1. The predicted octanol–water partition coefficient (Wildman–Crippen LogP) is 2.78. The molecule has 2 aromatic carbocycles. The number of fused-ring (bicyclic) bond motifs is 1. The van der Waals surface area contributed by atoms with E-state index in [1.807, 2.05) is 13.0 Å². The van der Waals surface area contributed by atoms with E-state index in [4.69, 9.17) is 0 Å². The van der Waals surface area contributed by atoms with E-state index in [9.17, 15) is 13.2 Å². The number of para-hydroxylation sites is 1. The molecule has 0 N–H and O–H groups in total. The van der Waals surface area contributed by atoms with Crippen LogP contribution in [0.15, 0.2) is 53.4 Å². The van der Waals surface area contributed by atoms with E-state index in [0.717, 1.165) is 5.56 Å². The van der Waals surface area contributed by atoms with Crippen LogP contribution in [0.2, 0.25) is 0 Å². The molecule has 2 aromatic rings. The molecule has 4 nitrogen and oxygen atoms in total. The Morgan fingerprint density at radius 3 is 2.43 bits per heavy atom. The Bertz CT molecular complexity index is 798. The lowest BCUT2D eigenvalue weighted by Crippen LogP contribution is -2.38. The molecule has 0 fully saturated rings. The smallest absolute Gasteiger partial charge is 0.264 e. The molecule has 0 saturated carbocycles. The number of ketones is 1. The largest absolute Gasteiger partial charge is 0.294 e. The van der Waals surface area contributed by atoms with Crippen LogP contribution >= 0.6 is 0 Å². The lowest BCUT2D eigenvalue weighted by atomic mass is 9.99. The number of hydrogen-bond donors (Lipinski definition) is 0. The molecular weight excluding hydrogens is 286 g/mol. The van der Waals surface area contributed by atoms with Crippen molar-refractivity contribution in [3.63, 3.8) is 0 Å². The molecule has 0 aliphatic carbocycles. The molecule has 0 atom stereocenters. The van der Waals surface area contributed by atoms with Crippen molar-refractivity contribution in [1.29, 1.82) is 0 Å². The number of nitrogens with zero attached hydrogens (tertiary/aromatic N) is 1. The van der Waals surface area contributed by atoms with Crippen LogP contribution < -0.4 is 4.31 Å². The van der Waals surface area contributed by atoms with Gasteiger partial charge in [0.05, 0.1) is 10.6 Å². The molecule has 1 aliphatic rings. The number of rotatable bonds is 2. The van der Waals surface area contributed by atoms with Gasteiger partial charge in [-0.2, -0.15) is 0 Å². The van der Waals surface area contributed by atoms with Crippen LogP contribution in [0.1, 0.15) is 22.3 Å². The Labute approximate surface area is 124 Å². The first kappa shape index (κ1) is 13.8. The highest BCUT2D eigenvalue weighted by molar-refractivity contribution is 7.92. The topological polar surface area (TPSA) is 54.5 Å². The molecule has 0 aromatic heterocycles. The molecule has 108 valence electrons. The number of aryl methyl sites for hydroxylation is 1. The maximum Gasteiger partial charge on any atom is 0.264 e. The van der Waals surface area contributed by atoms with Gasteiger partial charge in [0.1, 0.15) is 0 Å². The summed E-state index contributed by atoms with van der Waals surface area (Å²) < 4.78 is 27.0. The minimum atomic E-state index is -3.64. The standard InChI is InChI=1S/C16H15NO3S/c1-12-6-5-9-14-15(18)10-11-17(16(12)14)21(19,20)13-7-3-2-4-8-13/h2-9H,10-11H2,1H3. The highest BCUT2D eigenvalue weighted by Gasteiger charge is 2.33. The maximum absolute atomic E-state index is 12.8. The zero-order valence-electron chi connectivity index (χ0n) is 11.6. The second kappa shape index (κ2) is 5.00. The van der Waals surface area contributed by atoms with E-state index in [1.165, 1.54) is 4.31 Å². The summed E-state index contributed by atoms with van der Waals surface area (Å²) in [5, 5.41) is 0. The van der Waals surface area contributed by atoms with Crippen molar-refractivity contribution in [1.82, 2.24) is 0 Å². The summed E-state index contributed by atoms with van der Waals surface area (Å²) >= 11 is 0. The lowest BCUT2D eigenvalue weighted by Gasteiger charge is -2.31. The van der Waals surface area contributed by atoms with E-state index in [1.54, 1.807) is 42.5 Å². The highest BCUT2D eigenvalue weighted by atomic mass is 32.2. The van der Waals surface area contributed by atoms with Crippen molar-refractivity contribution in [3.8, 4) is 0 Å². The quantitative estimate of drug-likeness (QED) is 0.857. The molecular formula is C16H15NO3S. The first-order valence-corrected chi connectivity index (χ1v) is 8.16. The van der Waals surface area contributed by atoms with Crippen molar-refractivity contribution < 1.29 is 13.2 Å². The molecule has 3 rings (SSSR count). The van der Waals surface area contributed by atoms with Gasteiger partial charge in [-0.1, -0.05) is 30.3 Å². The summed E-state index contributed by atoms with van der Waals surface area (Å²) in [5.74, 6) is -0.00629. The second-order valence-corrected chi connectivity index (χ2v) is 6.90. The fraction of sp³-hybridized carbons (Fsp3) is 0.188. The number of carbonyl (C=O) groups is 1. The first-order chi connectivity index (χ1) is 10.0. The Balaban J connectivity index is 2.18. The van der Waals surface area contributed by atoms with E-state index >= 15 is 0 Å². The Hall–Kier alpha value is -2.14. The van der Waals surface area contributed by atoms with Crippen LogP contribution in [0.4, 0.5) is 5.69 Å². The van der Waals surface area contributed by atoms with Gasteiger partial charge in [0.25, 0.3) is 10.0 Å². The third kappa shape index (κ3) is 2.23. The SMILES string of the molecule is Cc1cccc2c1N(S(=O)(=O)c1ccccc1)CCC2=O. The van der Waals surface area contributed by atoms with Crippen molar-refractivity contribution in [2.75, 3.05) is 10.8 Å². The number of benzene rings is 2. The van der Waals surface area contributed by atoms with Crippen LogP contribution in [-0.2, 0) is 10.0 Å². The van der Waals surface area contributed by atoms with E-state index < -0.39 is 10.0 Å². The molecule has 0 unspecified atom stereocenters. The van der Waals surface area contributed by atoms with Crippen molar-refractivity contribution in [3.05, 3.63) is 59.7 Å². The van der Waals surface area contributed by atoms with Gasteiger partial charge in [-0.15, -0.1) is 0 Å². The summed E-state index contributed by atoms with van der Waals surface area (Å²) in [6.45, 7) is 2.01. The molecule has 0 spiro atoms. The third-order valence-electron chi connectivity index (χ3n) is 3.66. The summed E-state index contributed by atoms with van der Waals surface area (Å²) in [7, 11) is -3.64. The van der Waals surface area contributed by atoms with Crippen molar-refractivity contribution in [2.24, 2.45) is 0 Å². The summed E-state index contributed by atoms with van der Waals surface area (Å²) in [6.07, 6.45) is 0.211. The maximum atomic E-state index is 12.8. The van der Waals surface area contributed by atoms with E-state index in [0.29, 0.717) is 11.3 Å². The highest BCUT2D eigenvalue weighted by Crippen LogP contribution is 2.34. The van der Waals surface area contributed by atoms with Gasteiger partial charge in [0, 0.05) is 18.5 Å². The summed E-state index contributed by atoms with van der Waals surface area (Å²) in [5.41, 5.74) is 1.79. The number of carbonyl (C=O) groups excluding carboxylic acids is 1. The van der Waals surface area contributed by atoms with Gasteiger partial charge in [0.2, 0.25) is 0 Å². The lowest BCUT2D eigenvalue weighted by molar-refractivity contribution is 0.0982.